The molecule has 2 aromatic heterocycles. The van der Waals surface area contributed by atoms with Gasteiger partial charge in [0.15, 0.2) is 16.9 Å². The highest BCUT2D eigenvalue weighted by atomic mass is 35.5. The number of aryl methyl sites for hydroxylation is 1. The van der Waals surface area contributed by atoms with Crippen LogP contribution in [-0.2, 0) is 13.0 Å². The van der Waals surface area contributed by atoms with Crippen molar-refractivity contribution in [2.45, 2.75) is 39.8 Å². The molecule has 7 nitrogen and oxygen atoms in total. The highest BCUT2D eigenvalue weighted by Gasteiger charge is 2.23. The topological polar surface area (TPSA) is 98.7 Å². The molecule has 2 aromatic carbocycles. The number of pyridine rings is 1. The van der Waals surface area contributed by atoms with Crippen molar-refractivity contribution in [3.05, 3.63) is 91.4 Å². The van der Waals surface area contributed by atoms with E-state index in [9.17, 15) is 9.59 Å². The standard InChI is InChI=1S/C29H28ClN3O4/c1-15-11-21(17(3)36-23-7-8-24(30)32-25(23)29(31)35)28-22(12-15)26(34)16(2)27(37-28)19-5-6-20-14-33(4)10-9-18(20)13-19/h5-8,11-13,17H,9-10,14H2,1-4H3,(H2,31,35)/t17-/m1/s1. The van der Waals surface area contributed by atoms with Gasteiger partial charge in [0.25, 0.3) is 5.91 Å². The van der Waals surface area contributed by atoms with E-state index in [4.69, 9.17) is 26.5 Å². The highest BCUT2D eigenvalue weighted by Crippen LogP contribution is 2.34. The van der Waals surface area contributed by atoms with Crippen LogP contribution in [0.15, 0.2) is 51.7 Å². The second-order valence-corrected chi connectivity index (χ2v) is 10.1. The smallest absolute Gasteiger partial charge is 0.271 e. The number of benzene rings is 2. The summed E-state index contributed by atoms with van der Waals surface area (Å²) in [4.78, 5) is 31.7. The van der Waals surface area contributed by atoms with Gasteiger partial charge in [-0.15, -0.1) is 0 Å². The average molecular weight is 518 g/mol. The molecule has 1 amide bonds. The minimum absolute atomic E-state index is 0.0611. The molecule has 0 spiro atoms. The zero-order chi connectivity index (χ0) is 26.4. The van der Waals surface area contributed by atoms with Gasteiger partial charge in [-0.05, 0) is 81.3 Å². The molecule has 3 heterocycles. The molecule has 8 heteroatoms. The van der Waals surface area contributed by atoms with Gasteiger partial charge in [0.2, 0.25) is 0 Å². The molecule has 2 N–H and O–H groups in total. The van der Waals surface area contributed by atoms with Gasteiger partial charge < -0.3 is 19.8 Å². The molecule has 0 saturated carbocycles. The summed E-state index contributed by atoms with van der Waals surface area (Å²) in [6, 6.07) is 13.1. The Labute approximate surface area is 219 Å². The summed E-state index contributed by atoms with van der Waals surface area (Å²) in [5.41, 5.74) is 11.3. The van der Waals surface area contributed by atoms with Crippen molar-refractivity contribution in [1.82, 2.24) is 9.88 Å². The van der Waals surface area contributed by atoms with Crippen molar-refractivity contribution < 1.29 is 13.9 Å². The van der Waals surface area contributed by atoms with E-state index in [1.807, 2.05) is 32.0 Å². The second kappa shape index (κ2) is 9.65. The van der Waals surface area contributed by atoms with E-state index in [0.29, 0.717) is 27.9 Å². The molecule has 1 atom stereocenters. The Bertz CT molecular complexity index is 1610. The van der Waals surface area contributed by atoms with Gasteiger partial charge in [0, 0.05) is 29.8 Å². The number of aromatic nitrogens is 1. The third-order valence-corrected chi connectivity index (χ3v) is 7.07. The first-order valence-corrected chi connectivity index (χ1v) is 12.5. The summed E-state index contributed by atoms with van der Waals surface area (Å²) in [5, 5.41) is 0.619. The largest absolute Gasteiger partial charge is 0.483 e. The molecule has 0 fully saturated rings. The SMILES string of the molecule is Cc1cc([C@@H](C)Oc2ccc(Cl)nc2C(N)=O)c2oc(-c3ccc4c(c3)CCN(C)C4)c(C)c(=O)c2c1. The minimum atomic E-state index is -0.748. The van der Waals surface area contributed by atoms with E-state index in [2.05, 4.69) is 29.1 Å². The van der Waals surface area contributed by atoms with Crippen LogP contribution in [0, 0.1) is 13.8 Å². The van der Waals surface area contributed by atoms with E-state index in [1.165, 1.54) is 17.2 Å². The summed E-state index contributed by atoms with van der Waals surface area (Å²) in [5.74, 6) is -0.00208. The van der Waals surface area contributed by atoms with Crippen LogP contribution < -0.4 is 15.9 Å². The fourth-order valence-corrected chi connectivity index (χ4v) is 5.08. The van der Waals surface area contributed by atoms with Crippen LogP contribution in [0.25, 0.3) is 22.3 Å². The maximum atomic E-state index is 13.5. The number of fused-ring (bicyclic) bond motifs is 2. The van der Waals surface area contributed by atoms with Crippen LogP contribution in [0.3, 0.4) is 0 Å². The van der Waals surface area contributed by atoms with Crippen molar-refractivity contribution >= 4 is 28.5 Å². The number of hydrogen-bond donors (Lipinski definition) is 1. The number of primary amides is 1. The normalized spacial score (nSPS) is 14.4. The van der Waals surface area contributed by atoms with Crippen molar-refractivity contribution in [2.75, 3.05) is 13.6 Å². The first-order valence-electron chi connectivity index (χ1n) is 12.1. The zero-order valence-electron chi connectivity index (χ0n) is 21.2. The number of ether oxygens (including phenoxy) is 1. The molecule has 190 valence electrons. The van der Waals surface area contributed by atoms with E-state index in [-0.39, 0.29) is 22.0 Å². The Hall–Kier alpha value is -3.68. The van der Waals surface area contributed by atoms with Gasteiger partial charge in [-0.3, -0.25) is 9.59 Å². The average Bonchev–Trinajstić information content (AvgIpc) is 2.86. The lowest BCUT2D eigenvalue weighted by atomic mass is 9.95. The van der Waals surface area contributed by atoms with Crippen molar-refractivity contribution in [1.29, 1.82) is 0 Å². The number of amides is 1. The monoisotopic (exact) mass is 517 g/mol. The van der Waals surface area contributed by atoms with Gasteiger partial charge in [-0.25, -0.2) is 4.98 Å². The van der Waals surface area contributed by atoms with Gasteiger partial charge >= 0.3 is 0 Å². The lowest BCUT2D eigenvalue weighted by Gasteiger charge is -2.25. The Morgan fingerprint density at radius 3 is 2.70 bits per heavy atom. The number of hydrogen-bond acceptors (Lipinski definition) is 6. The molecule has 5 rings (SSSR count). The third kappa shape index (κ3) is 4.72. The summed E-state index contributed by atoms with van der Waals surface area (Å²) in [6.45, 7) is 7.43. The van der Waals surface area contributed by atoms with Crippen LogP contribution in [0.5, 0.6) is 5.75 Å². The molecule has 0 radical (unpaired) electrons. The molecule has 4 aromatic rings. The molecule has 37 heavy (non-hydrogen) atoms. The number of carbonyl (C=O) groups is 1. The first-order chi connectivity index (χ1) is 17.6. The molecule has 0 saturated heterocycles. The van der Waals surface area contributed by atoms with Crippen LogP contribution >= 0.6 is 11.6 Å². The molecule has 0 unspecified atom stereocenters. The predicted octanol–water partition coefficient (Wildman–Crippen LogP) is 5.35. The number of halogens is 1. The van der Waals surface area contributed by atoms with Gasteiger partial charge in [-0.1, -0.05) is 23.7 Å². The molecule has 1 aliphatic heterocycles. The van der Waals surface area contributed by atoms with E-state index < -0.39 is 12.0 Å². The molecular formula is C29H28ClN3O4. The zero-order valence-corrected chi connectivity index (χ0v) is 22.0. The number of rotatable bonds is 5. The number of likely N-dealkylation sites (N-methyl/N-ethyl adjacent to an activating group) is 1. The Morgan fingerprint density at radius 1 is 1.16 bits per heavy atom. The predicted molar refractivity (Wildman–Crippen MR) is 144 cm³/mol. The third-order valence-electron chi connectivity index (χ3n) is 6.86. The quantitative estimate of drug-likeness (QED) is 0.358. The van der Waals surface area contributed by atoms with Gasteiger partial charge in [0.1, 0.15) is 22.6 Å². The Morgan fingerprint density at radius 2 is 1.95 bits per heavy atom. The van der Waals surface area contributed by atoms with Crippen LogP contribution in [-0.4, -0.2) is 29.4 Å². The maximum Gasteiger partial charge on any atom is 0.271 e. The molecule has 0 aliphatic carbocycles. The van der Waals surface area contributed by atoms with Crippen molar-refractivity contribution in [3.8, 4) is 17.1 Å². The number of carbonyl (C=O) groups excluding carboxylic acids is 1. The van der Waals surface area contributed by atoms with Crippen LogP contribution in [0.2, 0.25) is 5.15 Å². The summed E-state index contributed by atoms with van der Waals surface area (Å²) in [7, 11) is 2.11. The lowest BCUT2D eigenvalue weighted by Crippen LogP contribution is -2.26. The van der Waals surface area contributed by atoms with Gasteiger partial charge in [-0.2, -0.15) is 0 Å². The first kappa shape index (κ1) is 25.0. The van der Waals surface area contributed by atoms with Crippen LogP contribution in [0.1, 0.15) is 51.3 Å². The van der Waals surface area contributed by atoms with Crippen molar-refractivity contribution in [3.63, 3.8) is 0 Å². The molecule has 1 aliphatic rings. The van der Waals surface area contributed by atoms with Gasteiger partial charge in [0.05, 0.1) is 5.39 Å². The Kier molecular flexibility index (Phi) is 6.52. The fraction of sp³-hybridized carbons (Fsp3) is 0.276. The highest BCUT2D eigenvalue weighted by molar-refractivity contribution is 6.29. The van der Waals surface area contributed by atoms with Crippen LogP contribution in [0.4, 0.5) is 0 Å². The number of nitrogens with two attached hydrogens (primary N) is 1. The van der Waals surface area contributed by atoms with Crippen molar-refractivity contribution in [2.24, 2.45) is 5.73 Å². The Balaban J connectivity index is 1.63. The summed E-state index contributed by atoms with van der Waals surface area (Å²) >= 11 is 5.95. The minimum Gasteiger partial charge on any atom is -0.483 e. The molecular weight excluding hydrogens is 490 g/mol. The fourth-order valence-electron chi connectivity index (χ4n) is 4.93. The molecule has 0 bridgehead atoms. The van der Waals surface area contributed by atoms with E-state index in [0.717, 1.165) is 30.6 Å². The lowest BCUT2D eigenvalue weighted by molar-refractivity contribution is 0.0988. The summed E-state index contributed by atoms with van der Waals surface area (Å²) < 4.78 is 12.6. The second-order valence-electron chi connectivity index (χ2n) is 9.69. The van der Waals surface area contributed by atoms with E-state index in [1.54, 1.807) is 13.0 Å². The van der Waals surface area contributed by atoms with E-state index >= 15 is 0 Å². The maximum absolute atomic E-state index is 13.5. The summed E-state index contributed by atoms with van der Waals surface area (Å²) in [6.07, 6.45) is 0.365. The number of nitrogens with zero attached hydrogens (tertiary/aromatic N) is 2.